The molecule has 0 aliphatic heterocycles. The lowest BCUT2D eigenvalue weighted by atomic mass is 10.0. The third-order valence-corrected chi connectivity index (χ3v) is 3.17. The summed E-state index contributed by atoms with van der Waals surface area (Å²) in [6.07, 6.45) is 0.839. The Balaban J connectivity index is 1.72. The Labute approximate surface area is 107 Å². The quantitative estimate of drug-likeness (QED) is 0.568. The van der Waals surface area contributed by atoms with Crippen molar-refractivity contribution >= 4 is 22.1 Å². The predicted octanol–water partition coefficient (Wildman–Crippen LogP) is 1.82. The zero-order valence-corrected chi connectivity index (χ0v) is 9.96. The second kappa shape index (κ2) is 3.88. The van der Waals surface area contributed by atoms with E-state index in [2.05, 4.69) is 43.0 Å². The van der Waals surface area contributed by atoms with Gasteiger partial charge in [-0.3, -0.25) is 0 Å². The molecule has 2 N–H and O–H groups in total. The van der Waals surface area contributed by atoms with E-state index in [1.165, 1.54) is 11.1 Å². The molecule has 2 aromatic heterocycles. The largest absolute Gasteiger partial charge is 0.197 e. The van der Waals surface area contributed by atoms with E-state index in [4.69, 9.17) is 0 Å². The molecular formula is C13H10N6. The number of aromatic nitrogens is 6. The van der Waals surface area contributed by atoms with Crippen LogP contribution in [0.1, 0.15) is 11.1 Å². The number of H-pyrrole nitrogens is 2. The molecule has 0 atom stereocenters. The molecule has 6 heteroatoms. The lowest BCUT2D eigenvalue weighted by Gasteiger charge is -2.01. The Kier molecular flexibility index (Phi) is 2.08. The van der Waals surface area contributed by atoms with E-state index in [1.807, 2.05) is 24.3 Å². The molecule has 0 bridgehead atoms. The molecule has 4 rings (SSSR count). The Morgan fingerprint density at radius 1 is 0.632 bits per heavy atom. The standard InChI is InChI=1S/C13H10N6/c1-3-10-12(16-18-14-10)6-8(1)5-9-2-4-11-13(7-9)17-19-15-11/h1-4,6-7H,5H2,(H,14,16,18)(H,15,17,19). The predicted molar refractivity (Wildman–Crippen MR) is 70.6 cm³/mol. The molecule has 0 spiro atoms. The van der Waals surface area contributed by atoms with Gasteiger partial charge in [-0.15, -0.1) is 0 Å². The van der Waals surface area contributed by atoms with Crippen LogP contribution in [0.3, 0.4) is 0 Å². The molecule has 0 radical (unpaired) electrons. The highest BCUT2D eigenvalue weighted by Gasteiger charge is 2.03. The van der Waals surface area contributed by atoms with E-state index in [1.54, 1.807) is 0 Å². The summed E-state index contributed by atoms with van der Waals surface area (Å²) in [5, 5.41) is 21.5. The highest BCUT2D eigenvalue weighted by Crippen LogP contribution is 2.17. The number of benzene rings is 2. The van der Waals surface area contributed by atoms with E-state index in [0.717, 1.165) is 28.5 Å². The highest BCUT2D eigenvalue weighted by atomic mass is 15.3. The fourth-order valence-corrected chi connectivity index (χ4v) is 2.23. The highest BCUT2D eigenvalue weighted by molar-refractivity contribution is 5.75. The molecule has 92 valence electrons. The monoisotopic (exact) mass is 250 g/mol. The van der Waals surface area contributed by atoms with E-state index in [-0.39, 0.29) is 0 Å². The SMILES string of the molecule is c1cc2n[nH]nc2cc1Cc1ccc2n[nH]nc2c1. The van der Waals surface area contributed by atoms with Gasteiger partial charge in [-0.05, 0) is 41.8 Å². The van der Waals surface area contributed by atoms with Crippen molar-refractivity contribution in [2.75, 3.05) is 0 Å². The summed E-state index contributed by atoms with van der Waals surface area (Å²) in [6.45, 7) is 0. The minimum absolute atomic E-state index is 0.839. The van der Waals surface area contributed by atoms with Crippen LogP contribution in [0.4, 0.5) is 0 Å². The molecule has 0 saturated carbocycles. The van der Waals surface area contributed by atoms with E-state index in [0.29, 0.717) is 0 Å². The fourth-order valence-electron chi connectivity index (χ4n) is 2.23. The summed E-state index contributed by atoms with van der Waals surface area (Å²) in [5.74, 6) is 0. The topological polar surface area (TPSA) is 83.1 Å². The van der Waals surface area contributed by atoms with Crippen molar-refractivity contribution in [1.29, 1.82) is 0 Å². The Bertz CT molecular complexity index is 787. The van der Waals surface area contributed by atoms with Gasteiger partial charge in [-0.2, -0.15) is 30.8 Å². The summed E-state index contributed by atoms with van der Waals surface area (Å²) in [6, 6.07) is 12.2. The number of rotatable bonds is 2. The summed E-state index contributed by atoms with van der Waals surface area (Å²) in [7, 11) is 0. The van der Waals surface area contributed by atoms with Crippen LogP contribution in [0.25, 0.3) is 22.1 Å². The van der Waals surface area contributed by atoms with Crippen molar-refractivity contribution in [3.63, 3.8) is 0 Å². The van der Waals surface area contributed by atoms with Gasteiger partial charge in [-0.25, -0.2) is 0 Å². The van der Waals surface area contributed by atoms with Crippen LogP contribution in [-0.4, -0.2) is 30.8 Å². The molecule has 2 aromatic carbocycles. The van der Waals surface area contributed by atoms with Crippen LogP contribution in [0, 0.1) is 0 Å². The number of aromatic amines is 2. The molecule has 4 aromatic rings. The van der Waals surface area contributed by atoms with Crippen molar-refractivity contribution in [3.05, 3.63) is 47.5 Å². The molecule has 0 unspecified atom stereocenters. The van der Waals surface area contributed by atoms with Crippen LogP contribution < -0.4 is 0 Å². The maximum atomic E-state index is 4.10. The van der Waals surface area contributed by atoms with Crippen LogP contribution in [0.15, 0.2) is 36.4 Å². The molecular weight excluding hydrogens is 240 g/mol. The first-order valence-corrected chi connectivity index (χ1v) is 5.97. The van der Waals surface area contributed by atoms with Gasteiger partial charge in [0.25, 0.3) is 0 Å². The van der Waals surface area contributed by atoms with Gasteiger partial charge in [-0.1, -0.05) is 12.1 Å². The number of hydrogen-bond acceptors (Lipinski definition) is 4. The van der Waals surface area contributed by atoms with Gasteiger partial charge in [0.1, 0.15) is 22.1 Å². The molecule has 2 heterocycles. The van der Waals surface area contributed by atoms with Gasteiger partial charge in [0.05, 0.1) is 0 Å². The van der Waals surface area contributed by atoms with Crippen LogP contribution in [0.5, 0.6) is 0 Å². The second-order valence-electron chi connectivity index (χ2n) is 4.47. The van der Waals surface area contributed by atoms with E-state index >= 15 is 0 Å². The van der Waals surface area contributed by atoms with Gasteiger partial charge in [0, 0.05) is 0 Å². The lowest BCUT2D eigenvalue weighted by Crippen LogP contribution is -1.88. The first-order valence-electron chi connectivity index (χ1n) is 5.97. The lowest BCUT2D eigenvalue weighted by molar-refractivity contribution is 0.959. The average molecular weight is 250 g/mol. The molecule has 6 nitrogen and oxygen atoms in total. The number of fused-ring (bicyclic) bond motifs is 2. The Hall–Kier alpha value is -2.76. The number of nitrogens with zero attached hydrogens (tertiary/aromatic N) is 4. The maximum absolute atomic E-state index is 4.10. The van der Waals surface area contributed by atoms with Gasteiger partial charge in [0.15, 0.2) is 0 Å². The van der Waals surface area contributed by atoms with E-state index in [9.17, 15) is 0 Å². The van der Waals surface area contributed by atoms with Gasteiger partial charge in [0.2, 0.25) is 0 Å². The third kappa shape index (κ3) is 1.74. The molecule has 19 heavy (non-hydrogen) atoms. The first-order chi connectivity index (χ1) is 9.38. The summed E-state index contributed by atoms with van der Waals surface area (Å²) in [5.41, 5.74) is 5.94. The van der Waals surface area contributed by atoms with Crippen molar-refractivity contribution in [2.24, 2.45) is 0 Å². The van der Waals surface area contributed by atoms with Crippen molar-refractivity contribution in [2.45, 2.75) is 6.42 Å². The summed E-state index contributed by atoms with van der Waals surface area (Å²) >= 11 is 0. The third-order valence-electron chi connectivity index (χ3n) is 3.17. The second-order valence-corrected chi connectivity index (χ2v) is 4.47. The molecule has 0 aliphatic carbocycles. The zero-order chi connectivity index (χ0) is 12.7. The van der Waals surface area contributed by atoms with Gasteiger partial charge >= 0.3 is 0 Å². The van der Waals surface area contributed by atoms with Crippen LogP contribution in [-0.2, 0) is 6.42 Å². The fraction of sp³-hybridized carbons (Fsp3) is 0.0769. The molecule has 0 amide bonds. The molecule has 0 aliphatic rings. The van der Waals surface area contributed by atoms with Crippen molar-refractivity contribution in [3.8, 4) is 0 Å². The normalized spacial score (nSPS) is 11.4. The summed E-state index contributed by atoms with van der Waals surface area (Å²) in [4.78, 5) is 0. The molecule has 0 saturated heterocycles. The van der Waals surface area contributed by atoms with Crippen LogP contribution in [0.2, 0.25) is 0 Å². The van der Waals surface area contributed by atoms with Crippen LogP contribution >= 0.6 is 0 Å². The maximum Gasteiger partial charge on any atom is 0.113 e. The van der Waals surface area contributed by atoms with E-state index < -0.39 is 0 Å². The first kappa shape index (κ1) is 10.2. The zero-order valence-electron chi connectivity index (χ0n) is 9.96. The Morgan fingerprint density at radius 3 is 1.63 bits per heavy atom. The Morgan fingerprint density at radius 2 is 1.11 bits per heavy atom. The molecule has 0 fully saturated rings. The minimum Gasteiger partial charge on any atom is -0.197 e. The minimum atomic E-state index is 0.839. The average Bonchev–Trinajstić information content (AvgIpc) is 3.05. The number of hydrogen-bond donors (Lipinski definition) is 2. The van der Waals surface area contributed by atoms with Crippen molar-refractivity contribution in [1.82, 2.24) is 30.8 Å². The van der Waals surface area contributed by atoms with Gasteiger partial charge < -0.3 is 0 Å². The number of nitrogens with one attached hydrogen (secondary N) is 2. The smallest absolute Gasteiger partial charge is 0.113 e. The van der Waals surface area contributed by atoms with Crippen molar-refractivity contribution < 1.29 is 0 Å². The summed E-state index contributed by atoms with van der Waals surface area (Å²) < 4.78 is 0.